The SMILES string of the molecule is CCCCCCCCCCCCC(=O)N(C)[C@H](CCCNC(=N)N)C(=O)N[C@@H](CCC(N)=O)C(=O)N[C@@H](CC1CCCCC1)C(=O)N(C)[C@@H](CCNC(C)=O)C(=O)N[C@@H](CC(C)C)C(=O)N[C@@H](Cc1ccc(Cl)c(Cl)c1)C(N)=O. The number of primary amides is 2. The van der Waals surface area contributed by atoms with E-state index in [-0.39, 0.29) is 93.2 Å². The van der Waals surface area contributed by atoms with E-state index in [0.29, 0.717) is 23.4 Å². The van der Waals surface area contributed by atoms with Gasteiger partial charge in [0.05, 0.1) is 10.0 Å². The highest BCUT2D eigenvalue weighted by Gasteiger charge is 2.38. The van der Waals surface area contributed by atoms with Crippen LogP contribution in [0.3, 0.4) is 0 Å². The van der Waals surface area contributed by atoms with Crippen LogP contribution in [0.4, 0.5) is 0 Å². The first kappa shape index (κ1) is 69.4. The van der Waals surface area contributed by atoms with Crippen LogP contribution in [0.15, 0.2) is 18.2 Å². The minimum absolute atomic E-state index is 0.00821. The van der Waals surface area contributed by atoms with Gasteiger partial charge in [-0.3, -0.25) is 48.6 Å². The average Bonchev–Trinajstić information content (AvgIpc) is 3.40. The number of nitrogens with zero attached hydrogens (tertiary/aromatic N) is 2. The highest BCUT2D eigenvalue weighted by molar-refractivity contribution is 6.42. The molecule has 0 spiro atoms. The van der Waals surface area contributed by atoms with Crippen LogP contribution in [-0.2, 0) is 49.6 Å². The molecule has 1 aliphatic carbocycles. The summed E-state index contributed by atoms with van der Waals surface area (Å²) in [5, 5.41) is 24.5. The monoisotopic (exact) mass is 1150 g/mol. The number of carbonyl (C=O) groups excluding carboxylic acids is 9. The Morgan fingerprint density at radius 2 is 1.19 bits per heavy atom. The van der Waals surface area contributed by atoms with Crippen molar-refractivity contribution in [3.63, 3.8) is 0 Å². The molecule has 0 aliphatic heterocycles. The number of amides is 9. The zero-order chi connectivity index (χ0) is 59.0. The van der Waals surface area contributed by atoms with E-state index < -0.39 is 83.5 Å². The topological polar surface area (TPSA) is 334 Å². The van der Waals surface area contributed by atoms with Gasteiger partial charge in [0.15, 0.2) is 5.96 Å². The van der Waals surface area contributed by atoms with Crippen LogP contribution in [0.2, 0.25) is 10.0 Å². The van der Waals surface area contributed by atoms with Crippen molar-refractivity contribution in [3.8, 4) is 0 Å². The highest BCUT2D eigenvalue weighted by atomic mass is 35.5. The van der Waals surface area contributed by atoms with Gasteiger partial charge in [-0.2, -0.15) is 0 Å². The molecule has 13 N–H and O–H groups in total. The highest BCUT2D eigenvalue weighted by Crippen LogP contribution is 2.29. The van der Waals surface area contributed by atoms with Gasteiger partial charge in [0.1, 0.15) is 36.3 Å². The molecule has 21 nitrogen and oxygen atoms in total. The Bertz CT molecular complexity index is 2150. The molecule has 23 heteroatoms. The molecule has 1 aromatic rings. The third-order valence-corrected chi connectivity index (χ3v) is 15.2. The van der Waals surface area contributed by atoms with Crippen molar-refractivity contribution in [2.24, 2.45) is 29.0 Å². The quantitative estimate of drug-likeness (QED) is 0.0238. The summed E-state index contributed by atoms with van der Waals surface area (Å²) in [6, 6.07) is -2.72. The van der Waals surface area contributed by atoms with Gasteiger partial charge < -0.3 is 58.9 Å². The van der Waals surface area contributed by atoms with E-state index in [9.17, 15) is 43.2 Å². The Kier molecular flexibility index (Phi) is 33.4. The molecule has 1 aliphatic rings. The Morgan fingerprint density at radius 3 is 1.75 bits per heavy atom. The second-order valence-corrected chi connectivity index (χ2v) is 22.5. The number of guanidine groups is 1. The molecule has 0 aromatic heterocycles. The molecule has 9 amide bonds. The standard InChI is InChI=1S/C56H94Cl2N12O9/c1-7-8-9-10-11-12-13-14-15-19-24-49(73)69(5)46(23-20-30-64-56(61)62)53(77)65-42(27-28-48(59)72)51(75)68-45(34-38-21-17-16-18-22-38)55(79)70(6)47(29-31-63-37(4)71)54(78)67-44(32-36(2)3)52(76)66-43(50(60)74)35-39-25-26-40(57)41(58)33-39/h25-26,33,36,38,42-47H,7-24,27-32,34-35H2,1-6H3,(H2,59,72)(H2,60,74)(H,63,71)(H,65,77)(H,66,76)(H,67,78)(H,68,75)(H4,61,62,64)/t42-,43-,44-,45-,46+,47-/m0/s1. The molecule has 2 rings (SSSR count). The molecule has 6 atom stereocenters. The number of unbranched alkanes of at least 4 members (excludes halogenated alkanes) is 9. The molecule has 0 bridgehead atoms. The molecule has 0 radical (unpaired) electrons. The molecule has 446 valence electrons. The molecule has 0 saturated heterocycles. The zero-order valence-corrected chi connectivity index (χ0v) is 49.3. The van der Waals surface area contributed by atoms with Crippen LogP contribution in [0.1, 0.15) is 181 Å². The van der Waals surface area contributed by atoms with Gasteiger partial charge in [-0.15, -0.1) is 0 Å². The average molecular weight is 1150 g/mol. The van der Waals surface area contributed by atoms with Crippen molar-refractivity contribution in [2.45, 2.75) is 218 Å². The van der Waals surface area contributed by atoms with Crippen molar-refractivity contribution in [1.82, 2.24) is 41.7 Å². The summed E-state index contributed by atoms with van der Waals surface area (Å²) < 4.78 is 0. The summed E-state index contributed by atoms with van der Waals surface area (Å²) in [6.45, 7) is 7.34. The van der Waals surface area contributed by atoms with Gasteiger partial charge in [0, 0.05) is 53.4 Å². The third-order valence-electron chi connectivity index (χ3n) is 14.4. The van der Waals surface area contributed by atoms with E-state index in [0.717, 1.165) is 57.8 Å². The molecule has 1 saturated carbocycles. The van der Waals surface area contributed by atoms with Crippen molar-refractivity contribution < 1.29 is 43.2 Å². The zero-order valence-electron chi connectivity index (χ0n) is 47.8. The summed E-state index contributed by atoms with van der Waals surface area (Å²) in [5.41, 5.74) is 17.4. The van der Waals surface area contributed by atoms with E-state index in [1.54, 1.807) is 18.2 Å². The lowest BCUT2D eigenvalue weighted by atomic mass is 9.84. The first-order valence-corrected chi connectivity index (χ1v) is 29.3. The normalized spacial score (nSPS) is 14.8. The minimum Gasteiger partial charge on any atom is -0.370 e. The van der Waals surface area contributed by atoms with Crippen molar-refractivity contribution in [1.29, 1.82) is 5.41 Å². The predicted molar refractivity (Wildman–Crippen MR) is 308 cm³/mol. The summed E-state index contributed by atoms with van der Waals surface area (Å²) in [5.74, 6) is -6.28. The number of nitrogens with one attached hydrogen (secondary N) is 7. The molecule has 1 fully saturated rings. The third kappa shape index (κ3) is 27.8. The van der Waals surface area contributed by atoms with E-state index in [4.69, 9.17) is 45.8 Å². The largest absolute Gasteiger partial charge is 0.370 e. The molecule has 79 heavy (non-hydrogen) atoms. The van der Waals surface area contributed by atoms with Gasteiger partial charge in [0.2, 0.25) is 53.2 Å². The number of hydrogen-bond acceptors (Lipinski definition) is 10. The summed E-state index contributed by atoms with van der Waals surface area (Å²) in [7, 11) is 2.92. The fourth-order valence-corrected chi connectivity index (χ4v) is 10.2. The number of halogens is 2. The lowest BCUT2D eigenvalue weighted by Crippen LogP contribution is -2.60. The maximum atomic E-state index is 15.0. The van der Waals surface area contributed by atoms with Gasteiger partial charge >= 0.3 is 0 Å². The number of benzene rings is 1. The van der Waals surface area contributed by atoms with E-state index in [1.165, 1.54) is 62.9 Å². The number of nitrogens with two attached hydrogens (primary N) is 3. The first-order valence-electron chi connectivity index (χ1n) is 28.5. The number of rotatable bonds is 39. The summed E-state index contributed by atoms with van der Waals surface area (Å²) in [6.07, 6.45) is 15.4. The van der Waals surface area contributed by atoms with Gasteiger partial charge in [0.25, 0.3) is 0 Å². The fourth-order valence-electron chi connectivity index (χ4n) is 9.86. The maximum Gasteiger partial charge on any atom is 0.245 e. The summed E-state index contributed by atoms with van der Waals surface area (Å²) in [4.78, 5) is 126. The van der Waals surface area contributed by atoms with E-state index in [1.807, 2.05) is 13.8 Å². The van der Waals surface area contributed by atoms with Crippen LogP contribution in [0, 0.1) is 17.2 Å². The maximum absolute atomic E-state index is 15.0. The predicted octanol–water partition coefficient (Wildman–Crippen LogP) is 5.00. The molecular formula is C56H94Cl2N12O9. The lowest BCUT2D eigenvalue weighted by molar-refractivity contribution is -0.144. The first-order chi connectivity index (χ1) is 37.4. The molecular weight excluding hydrogens is 1060 g/mol. The second-order valence-electron chi connectivity index (χ2n) is 21.6. The smallest absolute Gasteiger partial charge is 0.245 e. The van der Waals surface area contributed by atoms with Crippen LogP contribution >= 0.6 is 23.2 Å². The summed E-state index contributed by atoms with van der Waals surface area (Å²) >= 11 is 12.3. The van der Waals surface area contributed by atoms with Crippen molar-refractivity contribution in [2.75, 3.05) is 27.2 Å². The Balaban J connectivity index is 2.46. The minimum atomic E-state index is -1.40. The number of carbonyl (C=O) groups is 9. The number of likely N-dealkylation sites (N-methyl/N-ethyl adjacent to an activating group) is 2. The van der Waals surface area contributed by atoms with E-state index in [2.05, 4.69) is 38.8 Å². The van der Waals surface area contributed by atoms with Gasteiger partial charge in [-0.25, -0.2) is 0 Å². The number of hydrogen-bond donors (Lipinski definition) is 10. The Morgan fingerprint density at radius 1 is 0.633 bits per heavy atom. The van der Waals surface area contributed by atoms with Crippen molar-refractivity contribution in [3.05, 3.63) is 33.8 Å². The van der Waals surface area contributed by atoms with Crippen LogP contribution < -0.4 is 49.1 Å². The molecule has 1 aromatic carbocycles. The fraction of sp³-hybridized carbons (Fsp3) is 0.714. The molecule has 0 heterocycles. The molecule has 0 unspecified atom stereocenters. The van der Waals surface area contributed by atoms with Crippen LogP contribution in [-0.4, -0.2) is 132 Å². The van der Waals surface area contributed by atoms with E-state index >= 15 is 0 Å². The van der Waals surface area contributed by atoms with Crippen LogP contribution in [0.5, 0.6) is 0 Å². The van der Waals surface area contributed by atoms with Gasteiger partial charge in [-0.1, -0.05) is 140 Å². The van der Waals surface area contributed by atoms with Gasteiger partial charge in [-0.05, 0) is 74.5 Å². The Labute approximate surface area is 478 Å². The Hall–Kier alpha value is -5.70. The lowest BCUT2D eigenvalue weighted by Gasteiger charge is -2.35. The van der Waals surface area contributed by atoms with Crippen molar-refractivity contribution >= 4 is 82.3 Å². The second kappa shape index (κ2) is 38.0. The van der Waals surface area contributed by atoms with Crippen LogP contribution in [0.25, 0.3) is 0 Å².